The first kappa shape index (κ1) is 44.1. The summed E-state index contributed by atoms with van der Waals surface area (Å²) in [7, 11) is 6.61. The lowest BCUT2D eigenvalue weighted by Gasteiger charge is -2.18. The Morgan fingerprint density at radius 3 is 1.58 bits per heavy atom. The molecule has 2 aromatic heterocycles. The monoisotopic (exact) mass is 821 g/mol. The number of hydrogen-bond acceptors (Lipinski definition) is 8. The van der Waals surface area contributed by atoms with Crippen LogP contribution in [0.25, 0.3) is 11.4 Å². The lowest BCUT2D eigenvalue weighted by Crippen LogP contribution is -2.10. The van der Waals surface area contributed by atoms with Gasteiger partial charge in [0.2, 0.25) is 6.41 Å². The second-order valence-corrected chi connectivity index (χ2v) is 13.4. The van der Waals surface area contributed by atoms with Gasteiger partial charge in [-0.25, -0.2) is 18.1 Å². The molecule has 1 amide bonds. The molecule has 0 spiro atoms. The Bertz CT molecular complexity index is 2200. The third kappa shape index (κ3) is 13.0. The van der Waals surface area contributed by atoms with E-state index in [1.807, 2.05) is 62.4 Å². The highest BCUT2D eigenvalue weighted by Gasteiger charge is 2.18. The third-order valence-electron chi connectivity index (χ3n) is 8.24. The number of ether oxygens (including phenoxy) is 4. The zero-order valence-electron chi connectivity index (χ0n) is 32.2. The molecule has 6 rings (SSSR count). The minimum Gasteiger partial charge on any atom is -0.497 e. The molecule has 15 heteroatoms. The Morgan fingerprint density at radius 1 is 0.684 bits per heavy atom. The van der Waals surface area contributed by atoms with Gasteiger partial charge >= 0.3 is 0 Å². The highest BCUT2D eigenvalue weighted by Crippen LogP contribution is 2.29. The molecule has 0 radical (unpaired) electrons. The number of halogens is 4. The molecule has 0 aliphatic heterocycles. The Balaban J connectivity index is 0.000000226. The van der Waals surface area contributed by atoms with Gasteiger partial charge in [-0.05, 0) is 91.7 Å². The fourth-order valence-corrected chi connectivity index (χ4v) is 5.57. The molecule has 0 unspecified atom stereocenters. The van der Waals surface area contributed by atoms with Crippen molar-refractivity contribution in [2.24, 2.45) is 0 Å². The number of aromatic nitrogens is 4. The van der Waals surface area contributed by atoms with Crippen molar-refractivity contribution in [1.82, 2.24) is 24.5 Å². The largest absolute Gasteiger partial charge is 0.497 e. The van der Waals surface area contributed by atoms with Crippen molar-refractivity contribution in [3.63, 3.8) is 0 Å². The minimum atomic E-state index is -0.444. The molecule has 2 atom stereocenters. The summed E-state index contributed by atoms with van der Waals surface area (Å²) in [5, 5.41) is 8.86. The first-order valence-corrected chi connectivity index (χ1v) is 18.2. The lowest BCUT2D eigenvalue weighted by atomic mass is 10.1. The highest BCUT2D eigenvalue weighted by molar-refractivity contribution is 6.29. The molecule has 300 valence electrons. The van der Waals surface area contributed by atoms with Crippen LogP contribution in [0, 0.1) is 11.6 Å². The van der Waals surface area contributed by atoms with Gasteiger partial charge in [-0.15, -0.1) is 0 Å². The van der Waals surface area contributed by atoms with Crippen molar-refractivity contribution in [1.29, 1.82) is 0 Å². The molecule has 0 aliphatic rings. The van der Waals surface area contributed by atoms with E-state index in [0.717, 1.165) is 34.7 Å². The number of aldehydes is 1. The molecule has 0 N–H and O–H groups in total. The summed E-state index contributed by atoms with van der Waals surface area (Å²) < 4.78 is 52.7. The van der Waals surface area contributed by atoms with Gasteiger partial charge in [0.15, 0.2) is 16.6 Å². The van der Waals surface area contributed by atoms with Crippen molar-refractivity contribution in [3.8, 4) is 22.9 Å². The van der Waals surface area contributed by atoms with E-state index in [4.69, 9.17) is 42.1 Å². The average molecular weight is 823 g/mol. The molecular weight excluding hydrogens is 779 g/mol. The molecule has 0 saturated heterocycles. The number of benzene rings is 4. The Kier molecular flexibility index (Phi) is 16.7. The van der Waals surface area contributed by atoms with Gasteiger partial charge in [-0.2, -0.15) is 10.2 Å². The van der Waals surface area contributed by atoms with Crippen molar-refractivity contribution in [2.75, 3.05) is 28.3 Å². The lowest BCUT2D eigenvalue weighted by molar-refractivity contribution is -0.115. The van der Waals surface area contributed by atoms with E-state index in [-0.39, 0.29) is 22.8 Å². The van der Waals surface area contributed by atoms with Gasteiger partial charge in [0.05, 0.1) is 51.0 Å². The van der Waals surface area contributed by atoms with Crippen molar-refractivity contribution < 1.29 is 37.3 Å². The zero-order valence-corrected chi connectivity index (χ0v) is 33.7. The SMILES string of the molecule is CN(C)C=O.COc1ccc(CO[C@H](C)c2cc(F)ccc2-n2ccc(Cl)n2)cc1.COc1ccc(CO[C@H](C)c2cc(F)ccc2-n2nc(Cl)cc2C=O)cc1. The van der Waals surface area contributed by atoms with Crippen LogP contribution in [0.2, 0.25) is 10.3 Å². The van der Waals surface area contributed by atoms with E-state index >= 15 is 0 Å². The number of carbonyl (C=O) groups is 2. The van der Waals surface area contributed by atoms with Crippen LogP contribution < -0.4 is 9.47 Å². The molecule has 11 nitrogen and oxygen atoms in total. The topological polar surface area (TPSA) is 110 Å². The van der Waals surface area contributed by atoms with Crippen LogP contribution in [0.5, 0.6) is 11.5 Å². The maximum absolute atomic E-state index is 13.9. The summed E-state index contributed by atoms with van der Waals surface area (Å²) in [6.45, 7) is 4.43. The van der Waals surface area contributed by atoms with Gasteiger partial charge in [0, 0.05) is 37.5 Å². The Labute approximate surface area is 340 Å². The molecule has 4 aromatic carbocycles. The maximum atomic E-state index is 13.9. The minimum absolute atomic E-state index is 0.180. The quantitative estimate of drug-likeness (QED) is 0.100. The van der Waals surface area contributed by atoms with Crippen LogP contribution in [-0.4, -0.2) is 65.5 Å². The van der Waals surface area contributed by atoms with E-state index in [9.17, 15) is 18.4 Å². The Morgan fingerprint density at radius 2 is 1.16 bits per heavy atom. The summed E-state index contributed by atoms with van der Waals surface area (Å²) in [6, 6.07) is 27.0. The summed E-state index contributed by atoms with van der Waals surface area (Å²) in [5.74, 6) is 0.826. The first-order chi connectivity index (χ1) is 27.3. The number of amides is 1. The number of methoxy groups -OCH3 is 2. The van der Waals surface area contributed by atoms with E-state index in [1.165, 1.54) is 39.9 Å². The van der Waals surface area contributed by atoms with Crippen molar-refractivity contribution in [2.45, 2.75) is 39.3 Å². The number of carbonyl (C=O) groups excluding carboxylic acids is 2. The van der Waals surface area contributed by atoms with Gasteiger partial charge in [0.25, 0.3) is 0 Å². The van der Waals surface area contributed by atoms with Gasteiger partial charge in [0.1, 0.15) is 28.8 Å². The third-order valence-corrected chi connectivity index (χ3v) is 8.63. The van der Waals surface area contributed by atoms with Crippen LogP contribution in [0.15, 0.2) is 103 Å². The molecular formula is C42H43Cl2F2N5O6. The molecule has 2 heterocycles. The standard InChI is InChI=1S/C20H18ClFN2O3.C19H18ClFN2O2.C3H7NO/c1-13(27-12-14-3-6-17(26-2)7-4-14)18-9-15(22)5-8-19(18)24-16(11-25)10-20(21)23-24;1-13(25-12-14-3-6-16(24-2)7-4-14)17-11-15(21)5-8-18(17)23-10-9-19(20)22-23;1-4(2)3-5/h3-11,13H,12H2,1-2H3;3-11,13H,12H2,1-2H3;3H,1-2H3/t2*13-;/m11./s1. The van der Waals surface area contributed by atoms with E-state index in [1.54, 1.807) is 57.4 Å². The maximum Gasteiger partial charge on any atom is 0.209 e. The summed E-state index contributed by atoms with van der Waals surface area (Å²) in [4.78, 5) is 22.2. The van der Waals surface area contributed by atoms with E-state index in [2.05, 4.69) is 10.2 Å². The molecule has 0 fully saturated rings. The molecule has 6 aromatic rings. The fourth-order valence-electron chi connectivity index (χ4n) is 5.25. The number of nitrogens with zero attached hydrogens (tertiary/aromatic N) is 5. The van der Waals surface area contributed by atoms with E-state index < -0.39 is 11.9 Å². The van der Waals surface area contributed by atoms with Gasteiger partial charge in [-0.1, -0.05) is 47.5 Å². The van der Waals surface area contributed by atoms with Crippen molar-refractivity contribution >= 4 is 35.9 Å². The van der Waals surface area contributed by atoms with Crippen LogP contribution in [-0.2, 0) is 27.5 Å². The van der Waals surface area contributed by atoms with Gasteiger partial charge in [-0.3, -0.25) is 9.59 Å². The fraction of sp³-hybridized carbons (Fsp3) is 0.238. The predicted octanol–water partition coefficient (Wildman–Crippen LogP) is 9.42. The number of rotatable bonds is 14. The normalized spacial score (nSPS) is 11.6. The predicted molar refractivity (Wildman–Crippen MR) is 215 cm³/mol. The van der Waals surface area contributed by atoms with Crippen molar-refractivity contribution in [3.05, 3.63) is 153 Å². The van der Waals surface area contributed by atoms with Gasteiger partial charge < -0.3 is 23.8 Å². The number of hydrogen-bond donors (Lipinski definition) is 0. The Hall–Kier alpha value is -5.60. The second-order valence-electron chi connectivity index (χ2n) is 12.6. The molecule has 57 heavy (non-hydrogen) atoms. The first-order valence-electron chi connectivity index (χ1n) is 17.5. The van der Waals surface area contributed by atoms with Crippen LogP contribution in [0.1, 0.15) is 58.8 Å². The molecule has 0 saturated carbocycles. The van der Waals surface area contributed by atoms with Crippen LogP contribution in [0.3, 0.4) is 0 Å². The van der Waals surface area contributed by atoms with Crippen LogP contribution in [0.4, 0.5) is 8.78 Å². The van der Waals surface area contributed by atoms with E-state index in [0.29, 0.717) is 41.5 Å². The smallest absolute Gasteiger partial charge is 0.209 e. The summed E-state index contributed by atoms with van der Waals surface area (Å²) in [6.07, 6.45) is 2.36. The second kappa shape index (κ2) is 21.6. The van der Waals surface area contributed by atoms with Crippen LogP contribution >= 0.6 is 23.2 Å². The summed E-state index contributed by atoms with van der Waals surface area (Å²) in [5.41, 5.74) is 4.77. The average Bonchev–Trinajstić information content (AvgIpc) is 3.84. The zero-order chi connectivity index (χ0) is 41.5. The molecule has 0 bridgehead atoms. The molecule has 0 aliphatic carbocycles. The summed E-state index contributed by atoms with van der Waals surface area (Å²) >= 11 is 11.8. The highest BCUT2D eigenvalue weighted by atomic mass is 35.5.